The Morgan fingerprint density at radius 3 is 2.67 bits per heavy atom. The van der Waals surface area contributed by atoms with Crippen molar-refractivity contribution in [1.29, 1.82) is 0 Å². The Balaban J connectivity index is 0.00000364. The first kappa shape index (κ1) is 23.7. The van der Waals surface area contributed by atoms with Gasteiger partial charge in [-0.2, -0.15) is 0 Å². The summed E-state index contributed by atoms with van der Waals surface area (Å²) in [5.74, 6) is 1.19. The smallest absolute Gasteiger partial charge is 0.222 e. The third kappa shape index (κ3) is 7.68. The van der Waals surface area contributed by atoms with E-state index in [2.05, 4.69) is 60.4 Å². The van der Waals surface area contributed by atoms with Crippen LogP contribution in [0.15, 0.2) is 29.3 Å². The van der Waals surface area contributed by atoms with Crippen LogP contribution in [-0.2, 0) is 17.8 Å². The van der Waals surface area contributed by atoms with Crippen LogP contribution in [-0.4, -0.2) is 54.9 Å². The van der Waals surface area contributed by atoms with Crippen LogP contribution >= 0.6 is 24.0 Å². The van der Waals surface area contributed by atoms with Gasteiger partial charge in [-0.25, -0.2) is 0 Å². The number of amides is 1. The van der Waals surface area contributed by atoms with Crippen LogP contribution in [0.5, 0.6) is 0 Å². The lowest BCUT2D eigenvalue weighted by molar-refractivity contribution is -0.132. The Kier molecular flexibility index (Phi) is 11.4. The van der Waals surface area contributed by atoms with Gasteiger partial charge in [0.25, 0.3) is 0 Å². The van der Waals surface area contributed by atoms with Gasteiger partial charge in [-0.1, -0.05) is 37.6 Å². The summed E-state index contributed by atoms with van der Waals surface area (Å²) in [7, 11) is 2.08. The predicted octanol–water partition coefficient (Wildman–Crippen LogP) is 3.67. The van der Waals surface area contributed by atoms with Crippen LogP contribution in [0.3, 0.4) is 0 Å². The Labute approximate surface area is 181 Å². The van der Waals surface area contributed by atoms with Crippen molar-refractivity contribution in [1.82, 2.24) is 15.1 Å². The first-order valence-corrected chi connectivity index (χ1v) is 9.99. The van der Waals surface area contributed by atoms with Crippen molar-refractivity contribution in [2.75, 3.05) is 33.2 Å². The second-order valence-corrected chi connectivity index (χ2v) is 6.95. The molecule has 0 bridgehead atoms. The molecule has 0 saturated heterocycles. The first-order valence-electron chi connectivity index (χ1n) is 9.99. The molecule has 1 aromatic carbocycles. The average molecular weight is 486 g/mol. The molecule has 152 valence electrons. The van der Waals surface area contributed by atoms with Gasteiger partial charge in [0.1, 0.15) is 0 Å². The van der Waals surface area contributed by atoms with E-state index in [4.69, 9.17) is 0 Å². The predicted molar refractivity (Wildman–Crippen MR) is 124 cm³/mol. The molecule has 0 saturated carbocycles. The summed E-state index contributed by atoms with van der Waals surface area (Å²) in [6.07, 6.45) is 4.68. The number of hydrogen-bond acceptors (Lipinski definition) is 2. The number of guanidine groups is 1. The van der Waals surface area contributed by atoms with Gasteiger partial charge < -0.3 is 15.1 Å². The summed E-state index contributed by atoms with van der Waals surface area (Å²) in [5.41, 5.74) is 2.67. The van der Waals surface area contributed by atoms with Crippen molar-refractivity contribution >= 4 is 35.8 Å². The molecule has 6 heteroatoms. The average Bonchev–Trinajstić information content (AvgIpc) is 2.67. The van der Waals surface area contributed by atoms with Crippen LogP contribution < -0.4 is 5.32 Å². The molecule has 5 nitrogen and oxygen atoms in total. The molecule has 1 N–H and O–H groups in total. The van der Waals surface area contributed by atoms with E-state index in [0.717, 1.165) is 51.4 Å². The minimum atomic E-state index is 0. The third-order valence-corrected chi connectivity index (χ3v) is 4.84. The molecular weight excluding hydrogens is 451 g/mol. The van der Waals surface area contributed by atoms with Gasteiger partial charge in [0, 0.05) is 46.2 Å². The number of carbonyl (C=O) groups excluding carboxylic acids is 1. The molecular formula is C21H35IN4O. The maximum absolute atomic E-state index is 12.5. The van der Waals surface area contributed by atoms with Gasteiger partial charge in [-0.3, -0.25) is 9.79 Å². The molecule has 0 aromatic heterocycles. The SMILES string of the molecule is CCCCN(C)C(=NCCCC(=O)N1CCc2ccccc2C1)NCC.I. The van der Waals surface area contributed by atoms with Gasteiger partial charge >= 0.3 is 0 Å². The molecule has 0 spiro atoms. The molecule has 0 aliphatic carbocycles. The van der Waals surface area contributed by atoms with Crippen molar-refractivity contribution in [3.63, 3.8) is 0 Å². The Hall–Kier alpha value is -1.31. The molecule has 2 rings (SSSR count). The van der Waals surface area contributed by atoms with Crippen LogP contribution in [0.25, 0.3) is 0 Å². The molecule has 1 amide bonds. The minimum Gasteiger partial charge on any atom is -0.357 e. The van der Waals surface area contributed by atoms with Crippen molar-refractivity contribution in [3.05, 3.63) is 35.4 Å². The molecule has 1 aliphatic rings. The van der Waals surface area contributed by atoms with E-state index in [1.54, 1.807) is 0 Å². The highest BCUT2D eigenvalue weighted by atomic mass is 127. The van der Waals surface area contributed by atoms with E-state index in [1.807, 2.05) is 4.90 Å². The van der Waals surface area contributed by atoms with Gasteiger partial charge in [-0.05, 0) is 37.3 Å². The van der Waals surface area contributed by atoms with E-state index in [-0.39, 0.29) is 29.9 Å². The first-order chi connectivity index (χ1) is 12.7. The summed E-state index contributed by atoms with van der Waals surface area (Å²) in [6, 6.07) is 8.43. The summed E-state index contributed by atoms with van der Waals surface area (Å²) in [4.78, 5) is 21.4. The zero-order valence-corrected chi connectivity index (χ0v) is 19.4. The number of halogens is 1. The fraction of sp³-hybridized carbons (Fsp3) is 0.619. The van der Waals surface area contributed by atoms with Gasteiger partial charge in [0.2, 0.25) is 5.91 Å². The van der Waals surface area contributed by atoms with Crippen LogP contribution in [0.1, 0.15) is 50.7 Å². The van der Waals surface area contributed by atoms with Gasteiger partial charge in [0.05, 0.1) is 0 Å². The number of hydrogen-bond donors (Lipinski definition) is 1. The van der Waals surface area contributed by atoms with E-state index in [0.29, 0.717) is 13.0 Å². The molecule has 0 fully saturated rings. The highest BCUT2D eigenvalue weighted by molar-refractivity contribution is 14.0. The third-order valence-electron chi connectivity index (χ3n) is 4.84. The van der Waals surface area contributed by atoms with E-state index in [1.165, 1.54) is 17.5 Å². The highest BCUT2D eigenvalue weighted by Gasteiger charge is 2.19. The second kappa shape index (κ2) is 13.0. The van der Waals surface area contributed by atoms with Crippen molar-refractivity contribution in [2.45, 2.75) is 52.5 Å². The van der Waals surface area contributed by atoms with Crippen molar-refractivity contribution in [3.8, 4) is 0 Å². The number of benzene rings is 1. The number of nitrogens with zero attached hydrogens (tertiary/aromatic N) is 3. The van der Waals surface area contributed by atoms with Gasteiger partial charge in [0.15, 0.2) is 5.96 Å². The van der Waals surface area contributed by atoms with Crippen LogP contribution in [0.4, 0.5) is 0 Å². The quantitative estimate of drug-likeness (QED) is 0.264. The second-order valence-electron chi connectivity index (χ2n) is 6.95. The van der Waals surface area contributed by atoms with Crippen LogP contribution in [0, 0.1) is 0 Å². The maximum Gasteiger partial charge on any atom is 0.222 e. The van der Waals surface area contributed by atoms with Crippen molar-refractivity contribution in [2.24, 2.45) is 4.99 Å². The molecule has 1 aromatic rings. The minimum absolute atomic E-state index is 0. The number of rotatable bonds is 8. The molecule has 0 atom stereocenters. The Morgan fingerprint density at radius 2 is 1.96 bits per heavy atom. The lowest BCUT2D eigenvalue weighted by Gasteiger charge is -2.29. The lowest BCUT2D eigenvalue weighted by atomic mass is 9.99. The summed E-state index contributed by atoms with van der Waals surface area (Å²) in [6.45, 7) is 8.43. The fourth-order valence-corrected chi connectivity index (χ4v) is 3.25. The summed E-state index contributed by atoms with van der Waals surface area (Å²) >= 11 is 0. The number of aliphatic imine (C=N–C) groups is 1. The molecule has 27 heavy (non-hydrogen) atoms. The topological polar surface area (TPSA) is 47.9 Å². The Bertz CT molecular complexity index is 606. The van der Waals surface area contributed by atoms with Crippen molar-refractivity contribution < 1.29 is 4.79 Å². The van der Waals surface area contributed by atoms with Gasteiger partial charge in [-0.15, -0.1) is 24.0 Å². The Morgan fingerprint density at radius 1 is 1.22 bits per heavy atom. The highest BCUT2D eigenvalue weighted by Crippen LogP contribution is 2.19. The monoisotopic (exact) mass is 486 g/mol. The fourth-order valence-electron chi connectivity index (χ4n) is 3.25. The summed E-state index contributed by atoms with van der Waals surface area (Å²) in [5, 5.41) is 3.33. The van der Waals surface area contributed by atoms with E-state index < -0.39 is 0 Å². The lowest BCUT2D eigenvalue weighted by Crippen LogP contribution is -2.39. The molecule has 1 aliphatic heterocycles. The van der Waals surface area contributed by atoms with E-state index >= 15 is 0 Å². The zero-order valence-electron chi connectivity index (χ0n) is 17.0. The molecule has 0 unspecified atom stereocenters. The normalized spacial score (nSPS) is 13.6. The number of nitrogens with one attached hydrogen (secondary N) is 1. The molecule has 1 heterocycles. The number of carbonyl (C=O) groups is 1. The number of unbranched alkanes of at least 4 members (excludes halogenated alkanes) is 1. The maximum atomic E-state index is 12.5. The van der Waals surface area contributed by atoms with Crippen LogP contribution in [0.2, 0.25) is 0 Å². The zero-order chi connectivity index (χ0) is 18.8. The molecule has 0 radical (unpaired) electrons. The number of fused-ring (bicyclic) bond motifs is 1. The summed E-state index contributed by atoms with van der Waals surface area (Å²) < 4.78 is 0. The standard InChI is InChI=1S/C21H34N4O.HI/c1-4-6-15-24(3)21(22-5-2)23-14-9-12-20(26)25-16-13-18-10-7-8-11-19(18)17-25;/h7-8,10-11H,4-6,9,12-17H2,1-3H3,(H,22,23);1H. The largest absolute Gasteiger partial charge is 0.357 e. The van der Waals surface area contributed by atoms with E-state index in [9.17, 15) is 4.79 Å².